The normalized spacial score (nSPS) is 18.3. The smallest absolute Gasteiger partial charge is 0.183 e. The molecule has 4 nitrogen and oxygen atoms in total. The third kappa shape index (κ3) is 3.14. The lowest BCUT2D eigenvalue weighted by Crippen LogP contribution is -2.54. The SMILES string of the molecule is CC(C)=C(C)c1c(Cl)ccc(C(O)=C2C(=O)C(C)(C)C(=O)C(C)(C)C2=O)c1C. The number of hydrogen-bond donors (Lipinski definition) is 1. The van der Waals surface area contributed by atoms with Crippen LogP contribution in [-0.2, 0) is 14.4 Å². The first-order valence-electron chi connectivity index (χ1n) is 9.19. The Balaban J connectivity index is 2.86. The van der Waals surface area contributed by atoms with Gasteiger partial charge >= 0.3 is 0 Å². The van der Waals surface area contributed by atoms with E-state index in [0.29, 0.717) is 16.1 Å². The predicted molar refractivity (Wildman–Crippen MR) is 112 cm³/mol. The fraction of sp³-hybridized carbons (Fsp3) is 0.435. The van der Waals surface area contributed by atoms with E-state index < -0.39 is 33.9 Å². The molecule has 0 unspecified atom stereocenters. The topological polar surface area (TPSA) is 71.4 Å². The number of ketones is 3. The molecule has 1 aliphatic carbocycles. The fourth-order valence-electron chi connectivity index (χ4n) is 3.71. The number of halogens is 1. The fourth-order valence-corrected chi connectivity index (χ4v) is 4.06. The van der Waals surface area contributed by atoms with Gasteiger partial charge in [0.25, 0.3) is 0 Å². The van der Waals surface area contributed by atoms with Gasteiger partial charge < -0.3 is 5.11 Å². The molecule has 2 rings (SSSR count). The molecule has 1 aromatic carbocycles. The van der Waals surface area contributed by atoms with Gasteiger partial charge in [0, 0.05) is 10.6 Å². The maximum absolute atomic E-state index is 13.0. The standard InChI is InChI=1S/C23H27ClO4/c1-11(2)12(3)16-13(4)14(9-10-15(16)24)18(25)17-19(26)22(5,6)21(28)23(7,8)20(17)27/h9-10,25H,1-8H3. The van der Waals surface area contributed by atoms with Crippen molar-refractivity contribution in [1.29, 1.82) is 0 Å². The second kappa shape index (κ2) is 7.00. The molecule has 0 bridgehead atoms. The van der Waals surface area contributed by atoms with E-state index in [9.17, 15) is 19.5 Å². The average molecular weight is 403 g/mol. The summed E-state index contributed by atoms with van der Waals surface area (Å²) in [6.45, 7) is 13.6. The molecule has 0 atom stereocenters. The van der Waals surface area contributed by atoms with Crippen molar-refractivity contribution in [2.24, 2.45) is 10.8 Å². The van der Waals surface area contributed by atoms with Crippen molar-refractivity contribution in [3.63, 3.8) is 0 Å². The molecule has 1 N–H and O–H groups in total. The van der Waals surface area contributed by atoms with Crippen molar-refractivity contribution in [2.45, 2.75) is 55.4 Å². The Morgan fingerprint density at radius 3 is 1.82 bits per heavy atom. The molecule has 5 heteroatoms. The second-order valence-corrected chi connectivity index (χ2v) is 9.09. The van der Waals surface area contributed by atoms with Crippen LogP contribution in [-0.4, -0.2) is 22.5 Å². The lowest BCUT2D eigenvalue weighted by atomic mass is 9.60. The van der Waals surface area contributed by atoms with Crippen LogP contribution >= 0.6 is 11.6 Å². The summed E-state index contributed by atoms with van der Waals surface area (Å²) in [4.78, 5) is 38.6. The monoisotopic (exact) mass is 402 g/mol. The van der Waals surface area contributed by atoms with E-state index in [2.05, 4.69) is 0 Å². The highest BCUT2D eigenvalue weighted by molar-refractivity contribution is 6.40. The quantitative estimate of drug-likeness (QED) is 0.306. The van der Waals surface area contributed by atoms with Crippen LogP contribution < -0.4 is 0 Å². The van der Waals surface area contributed by atoms with Gasteiger partial charge in [0.2, 0.25) is 0 Å². The van der Waals surface area contributed by atoms with Crippen LogP contribution in [0.15, 0.2) is 23.3 Å². The zero-order valence-corrected chi connectivity index (χ0v) is 18.5. The summed E-state index contributed by atoms with van der Waals surface area (Å²) in [6.07, 6.45) is 0. The van der Waals surface area contributed by atoms with Crippen LogP contribution in [0.4, 0.5) is 0 Å². The number of Topliss-reactive ketones (excluding diaryl/α,β-unsaturated/α-hetero) is 3. The van der Waals surface area contributed by atoms with Gasteiger partial charge in [-0.2, -0.15) is 0 Å². The Labute approximate surface area is 171 Å². The molecule has 150 valence electrons. The Morgan fingerprint density at radius 1 is 0.929 bits per heavy atom. The second-order valence-electron chi connectivity index (χ2n) is 8.68. The molecule has 0 radical (unpaired) electrons. The zero-order chi connectivity index (χ0) is 21.8. The van der Waals surface area contributed by atoms with Crippen LogP contribution in [0.5, 0.6) is 0 Å². The maximum atomic E-state index is 13.0. The van der Waals surface area contributed by atoms with Crippen molar-refractivity contribution in [1.82, 2.24) is 0 Å². The molecule has 0 spiro atoms. The molecule has 0 aromatic heterocycles. The van der Waals surface area contributed by atoms with Crippen molar-refractivity contribution >= 4 is 40.3 Å². The summed E-state index contributed by atoms with van der Waals surface area (Å²) in [6, 6.07) is 3.24. The van der Waals surface area contributed by atoms with Crippen LogP contribution in [0.25, 0.3) is 11.3 Å². The Kier molecular flexibility index (Phi) is 5.52. The minimum atomic E-state index is -1.39. The lowest BCUT2D eigenvalue weighted by Gasteiger charge is -2.37. The summed E-state index contributed by atoms with van der Waals surface area (Å²) in [7, 11) is 0. The van der Waals surface area contributed by atoms with Gasteiger partial charge in [0.15, 0.2) is 17.3 Å². The molecule has 28 heavy (non-hydrogen) atoms. The first kappa shape index (κ1) is 22.1. The minimum absolute atomic E-state index is 0.319. The number of aliphatic hydroxyl groups excluding tert-OH is 1. The van der Waals surface area contributed by atoms with Crippen LogP contribution in [0.3, 0.4) is 0 Å². The van der Waals surface area contributed by atoms with Crippen molar-refractivity contribution < 1.29 is 19.5 Å². The molecule has 0 saturated heterocycles. The minimum Gasteiger partial charge on any atom is -0.506 e. The third-order valence-electron chi connectivity index (χ3n) is 5.76. The first-order valence-corrected chi connectivity index (χ1v) is 9.56. The van der Waals surface area contributed by atoms with Gasteiger partial charge in [-0.25, -0.2) is 0 Å². The van der Waals surface area contributed by atoms with Gasteiger partial charge in [-0.3, -0.25) is 14.4 Å². The molecule has 1 saturated carbocycles. The van der Waals surface area contributed by atoms with E-state index in [1.807, 2.05) is 20.8 Å². The third-order valence-corrected chi connectivity index (χ3v) is 6.07. The number of aliphatic hydroxyl groups is 1. The van der Waals surface area contributed by atoms with E-state index in [-0.39, 0.29) is 5.57 Å². The van der Waals surface area contributed by atoms with Crippen LogP contribution in [0.1, 0.15) is 65.2 Å². The Bertz CT molecular complexity index is 939. The Morgan fingerprint density at radius 2 is 1.39 bits per heavy atom. The number of rotatable bonds is 2. The predicted octanol–water partition coefficient (Wildman–Crippen LogP) is 5.50. The molecule has 0 amide bonds. The van der Waals surface area contributed by atoms with Gasteiger partial charge in [-0.05, 0) is 84.2 Å². The largest absolute Gasteiger partial charge is 0.506 e. The highest BCUT2D eigenvalue weighted by atomic mass is 35.5. The van der Waals surface area contributed by atoms with Gasteiger partial charge in [0.05, 0.1) is 10.8 Å². The van der Waals surface area contributed by atoms with E-state index >= 15 is 0 Å². The van der Waals surface area contributed by atoms with E-state index in [1.54, 1.807) is 19.1 Å². The van der Waals surface area contributed by atoms with Gasteiger partial charge in [0.1, 0.15) is 11.3 Å². The summed E-state index contributed by atoms with van der Waals surface area (Å²) < 4.78 is 0. The highest BCUT2D eigenvalue weighted by Crippen LogP contribution is 2.43. The summed E-state index contributed by atoms with van der Waals surface area (Å²) in [5.41, 5.74) is 0.713. The van der Waals surface area contributed by atoms with Crippen molar-refractivity contribution in [3.05, 3.63) is 45.0 Å². The van der Waals surface area contributed by atoms with Gasteiger partial charge in [-0.1, -0.05) is 17.2 Å². The molecule has 0 heterocycles. The van der Waals surface area contributed by atoms with Crippen LogP contribution in [0, 0.1) is 17.8 Å². The summed E-state index contributed by atoms with van der Waals surface area (Å²) in [5, 5.41) is 11.5. The summed E-state index contributed by atoms with van der Waals surface area (Å²) in [5.74, 6) is -2.16. The molecular formula is C23H27ClO4. The van der Waals surface area contributed by atoms with E-state index in [4.69, 9.17) is 11.6 Å². The van der Waals surface area contributed by atoms with E-state index in [1.165, 1.54) is 27.7 Å². The zero-order valence-electron chi connectivity index (χ0n) is 17.7. The number of benzene rings is 1. The average Bonchev–Trinajstić information content (AvgIpc) is 2.59. The molecular weight excluding hydrogens is 376 g/mol. The van der Waals surface area contributed by atoms with E-state index in [0.717, 1.165) is 16.7 Å². The molecule has 1 aromatic rings. The molecule has 1 fully saturated rings. The van der Waals surface area contributed by atoms with Crippen molar-refractivity contribution in [3.8, 4) is 0 Å². The van der Waals surface area contributed by atoms with Crippen molar-refractivity contribution in [2.75, 3.05) is 0 Å². The molecule has 0 aliphatic heterocycles. The number of hydrogen-bond acceptors (Lipinski definition) is 4. The van der Waals surface area contributed by atoms with Gasteiger partial charge in [-0.15, -0.1) is 0 Å². The highest BCUT2D eigenvalue weighted by Gasteiger charge is 2.56. The number of carbonyl (C=O) groups excluding carboxylic acids is 3. The first-order chi connectivity index (χ1) is 12.7. The number of allylic oxidation sites excluding steroid dienone is 3. The Hall–Kier alpha value is -2.20. The summed E-state index contributed by atoms with van der Waals surface area (Å²) >= 11 is 6.39. The number of carbonyl (C=O) groups is 3. The maximum Gasteiger partial charge on any atom is 0.183 e. The molecule has 1 aliphatic rings. The lowest BCUT2D eigenvalue weighted by molar-refractivity contribution is -0.151. The van der Waals surface area contributed by atoms with Crippen LogP contribution in [0.2, 0.25) is 5.02 Å².